The summed E-state index contributed by atoms with van der Waals surface area (Å²) in [7, 11) is -3.86. The summed E-state index contributed by atoms with van der Waals surface area (Å²) in [4.78, 5) is 8.81. The summed E-state index contributed by atoms with van der Waals surface area (Å²) in [6, 6.07) is 24.9. The molecule has 0 spiro atoms. The number of aryl methyl sites for hydroxylation is 1. The first kappa shape index (κ1) is 18.8. The summed E-state index contributed by atoms with van der Waals surface area (Å²) < 4.78 is 32.4. The van der Waals surface area contributed by atoms with Crippen molar-refractivity contribution in [1.29, 1.82) is 0 Å². The van der Waals surface area contributed by atoms with Gasteiger partial charge in [0, 0.05) is 5.56 Å². The Morgan fingerprint density at radius 2 is 1.41 bits per heavy atom. The van der Waals surface area contributed by atoms with Gasteiger partial charge in [0.15, 0.2) is 10.7 Å². The molecule has 0 aliphatic carbocycles. The van der Waals surface area contributed by atoms with E-state index in [1.165, 1.54) is 6.20 Å². The fourth-order valence-corrected chi connectivity index (χ4v) is 4.04. The Balaban J connectivity index is 1.85. The van der Waals surface area contributed by atoms with Crippen LogP contribution in [-0.4, -0.2) is 18.4 Å². The summed E-state index contributed by atoms with van der Waals surface area (Å²) in [6.45, 7) is 1.90. The van der Waals surface area contributed by atoms with Crippen molar-refractivity contribution in [3.8, 4) is 23.0 Å². The van der Waals surface area contributed by atoms with Crippen LogP contribution >= 0.6 is 0 Å². The van der Waals surface area contributed by atoms with Crippen molar-refractivity contribution >= 4 is 9.84 Å². The maximum atomic E-state index is 13.2. The van der Waals surface area contributed by atoms with Crippen LogP contribution in [0.2, 0.25) is 0 Å². The van der Waals surface area contributed by atoms with Crippen molar-refractivity contribution in [1.82, 2.24) is 9.97 Å². The van der Waals surface area contributed by atoms with E-state index in [-0.39, 0.29) is 15.7 Å². The molecule has 0 aliphatic rings. The highest BCUT2D eigenvalue weighted by molar-refractivity contribution is 7.91. The van der Waals surface area contributed by atoms with Crippen LogP contribution in [0.25, 0.3) is 11.4 Å². The lowest BCUT2D eigenvalue weighted by Gasteiger charge is -2.12. The molecule has 0 saturated carbocycles. The Kier molecular flexibility index (Phi) is 5.10. The predicted molar refractivity (Wildman–Crippen MR) is 111 cm³/mol. The van der Waals surface area contributed by atoms with Gasteiger partial charge in [-0.2, -0.15) is 4.98 Å². The fourth-order valence-electron chi connectivity index (χ4n) is 2.78. The number of rotatable bonds is 5. The van der Waals surface area contributed by atoms with Crippen LogP contribution in [0.4, 0.5) is 0 Å². The van der Waals surface area contributed by atoms with E-state index in [0.717, 1.165) is 11.1 Å². The third-order valence-corrected chi connectivity index (χ3v) is 6.08. The van der Waals surface area contributed by atoms with Gasteiger partial charge in [0.05, 0.1) is 11.1 Å². The van der Waals surface area contributed by atoms with Gasteiger partial charge in [0.1, 0.15) is 5.75 Å². The fraction of sp³-hybridized carbons (Fsp3) is 0.0435. The predicted octanol–water partition coefficient (Wildman–Crippen LogP) is 5.08. The summed E-state index contributed by atoms with van der Waals surface area (Å²) in [5.74, 6) is 0.871. The van der Waals surface area contributed by atoms with E-state index in [1.807, 2.05) is 55.5 Å². The minimum Gasteiger partial charge on any atom is -0.438 e. The number of para-hydroxylation sites is 1. The van der Waals surface area contributed by atoms with Crippen molar-refractivity contribution in [3.63, 3.8) is 0 Å². The molecule has 0 aliphatic heterocycles. The molecule has 0 saturated heterocycles. The second-order valence-corrected chi connectivity index (χ2v) is 8.38. The first-order valence-electron chi connectivity index (χ1n) is 9.01. The van der Waals surface area contributed by atoms with Crippen LogP contribution in [0.15, 0.2) is 101 Å². The molecule has 0 bridgehead atoms. The Hall–Kier alpha value is -3.51. The molecule has 0 atom stereocenters. The zero-order valence-electron chi connectivity index (χ0n) is 15.7. The van der Waals surface area contributed by atoms with E-state index in [9.17, 15) is 8.42 Å². The number of sulfone groups is 1. The minimum absolute atomic E-state index is 0.00868. The maximum absolute atomic E-state index is 13.2. The minimum atomic E-state index is -3.86. The number of nitrogens with zero attached hydrogens (tertiary/aromatic N) is 2. The molecule has 5 nitrogen and oxygen atoms in total. The lowest BCUT2D eigenvalue weighted by molar-refractivity contribution is 0.446. The Morgan fingerprint density at radius 1 is 0.793 bits per heavy atom. The highest BCUT2D eigenvalue weighted by atomic mass is 32.2. The average molecular weight is 402 g/mol. The van der Waals surface area contributed by atoms with Gasteiger partial charge in [0.2, 0.25) is 15.7 Å². The van der Waals surface area contributed by atoms with Crippen LogP contribution in [0, 0.1) is 6.92 Å². The van der Waals surface area contributed by atoms with E-state index < -0.39 is 9.84 Å². The number of hydrogen-bond donors (Lipinski definition) is 0. The molecule has 0 amide bonds. The zero-order chi connectivity index (χ0) is 20.3. The van der Waals surface area contributed by atoms with Gasteiger partial charge in [-0.25, -0.2) is 13.4 Å². The lowest BCUT2D eigenvalue weighted by Crippen LogP contribution is -2.07. The quantitative estimate of drug-likeness (QED) is 0.466. The number of aromatic nitrogens is 2. The largest absolute Gasteiger partial charge is 0.438 e. The molecule has 0 fully saturated rings. The molecule has 4 rings (SSSR count). The number of hydrogen-bond acceptors (Lipinski definition) is 5. The van der Waals surface area contributed by atoms with E-state index in [0.29, 0.717) is 11.6 Å². The van der Waals surface area contributed by atoms with Crippen molar-refractivity contribution in [2.75, 3.05) is 0 Å². The Labute approximate surface area is 169 Å². The summed E-state index contributed by atoms with van der Waals surface area (Å²) in [5, 5.41) is 0. The van der Waals surface area contributed by atoms with Gasteiger partial charge in [-0.3, -0.25) is 0 Å². The molecular weight excluding hydrogens is 384 g/mol. The van der Waals surface area contributed by atoms with Crippen molar-refractivity contribution in [2.45, 2.75) is 16.7 Å². The second-order valence-electron chi connectivity index (χ2n) is 6.46. The molecule has 3 aromatic carbocycles. The molecule has 0 N–H and O–H groups in total. The molecule has 1 heterocycles. The number of ether oxygens (including phenoxy) is 1. The second kappa shape index (κ2) is 7.85. The van der Waals surface area contributed by atoms with E-state index in [1.54, 1.807) is 36.4 Å². The van der Waals surface area contributed by atoms with E-state index in [2.05, 4.69) is 9.97 Å². The summed E-state index contributed by atoms with van der Waals surface area (Å²) >= 11 is 0. The van der Waals surface area contributed by atoms with Gasteiger partial charge in [-0.1, -0.05) is 66.2 Å². The van der Waals surface area contributed by atoms with Crippen LogP contribution < -0.4 is 4.74 Å². The zero-order valence-corrected chi connectivity index (χ0v) is 16.5. The topological polar surface area (TPSA) is 69.2 Å². The van der Waals surface area contributed by atoms with Gasteiger partial charge < -0.3 is 4.74 Å². The van der Waals surface area contributed by atoms with Crippen LogP contribution in [0.1, 0.15) is 5.56 Å². The summed E-state index contributed by atoms with van der Waals surface area (Å²) in [5.41, 5.74) is 1.74. The van der Waals surface area contributed by atoms with E-state index in [4.69, 9.17) is 4.74 Å². The standard InChI is InChI=1S/C23H18N2O3S/c1-17-12-14-20(15-13-17)29(26,27)21-16-24-22(18-8-4-2-5-9-18)25-23(21)28-19-10-6-3-7-11-19/h2-16H,1H3. The maximum Gasteiger partial charge on any atom is 0.242 e. The SMILES string of the molecule is Cc1ccc(S(=O)(=O)c2cnc(-c3ccccc3)nc2Oc2ccccc2)cc1. The normalized spacial score (nSPS) is 11.2. The molecule has 1 aromatic heterocycles. The molecule has 4 aromatic rings. The van der Waals surface area contributed by atoms with Crippen molar-refractivity contribution in [3.05, 3.63) is 96.7 Å². The monoisotopic (exact) mass is 402 g/mol. The highest BCUT2D eigenvalue weighted by Gasteiger charge is 2.25. The molecule has 0 radical (unpaired) electrons. The molecule has 29 heavy (non-hydrogen) atoms. The Bertz CT molecular complexity index is 1220. The lowest BCUT2D eigenvalue weighted by atomic mass is 10.2. The van der Waals surface area contributed by atoms with Crippen molar-refractivity contribution < 1.29 is 13.2 Å². The third kappa shape index (κ3) is 4.02. The van der Waals surface area contributed by atoms with Crippen molar-refractivity contribution in [2.24, 2.45) is 0 Å². The molecule has 0 unspecified atom stereocenters. The third-order valence-electron chi connectivity index (χ3n) is 4.33. The molecule has 6 heteroatoms. The molecule has 144 valence electrons. The first-order chi connectivity index (χ1) is 14.0. The Morgan fingerprint density at radius 3 is 2.07 bits per heavy atom. The average Bonchev–Trinajstić information content (AvgIpc) is 2.75. The van der Waals surface area contributed by atoms with Crippen LogP contribution in [-0.2, 0) is 9.84 Å². The van der Waals surface area contributed by atoms with Gasteiger partial charge >= 0.3 is 0 Å². The van der Waals surface area contributed by atoms with E-state index >= 15 is 0 Å². The smallest absolute Gasteiger partial charge is 0.242 e. The van der Waals surface area contributed by atoms with Gasteiger partial charge in [0.25, 0.3) is 0 Å². The van der Waals surface area contributed by atoms with Crippen LogP contribution in [0.3, 0.4) is 0 Å². The number of benzene rings is 3. The van der Waals surface area contributed by atoms with Gasteiger partial charge in [-0.05, 0) is 31.2 Å². The highest BCUT2D eigenvalue weighted by Crippen LogP contribution is 2.32. The summed E-state index contributed by atoms with van der Waals surface area (Å²) in [6.07, 6.45) is 1.31. The van der Waals surface area contributed by atoms with Gasteiger partial charge in [-0.15, -0.1) is 0 Å². The first-order valence-corrected chi connectivity index (χ1v) is 10.5. The molecular formula is C23H18N2O3S. The van der Waals surface area contributed by atoms with Crippen LogP contribution in [0.5, 0.6) is 11.6 Å².